The summed E-state index contributed by atoms with van der Waals surface area (Å²) in [6, 6.07) is 0. The summed E-state index contributed by atoms with van der Waals surface area (Å²) in [5.74, 6) is -0.371. The minimum Gasteiger partial charge on any atom is -0.462 e. The van der Waals surface area contributed by atoms with Crippen molar-refractivity contribution in [1.82, 2.24) is 14.8 Å². The van der Waals surface area contributed by atoms with Gasteiger partial charge >= 0.3 is 5.97 Å². The average Bonchev–Trinajstić information content (AvgIpc) is 2.85. The lowest BCUT2D eigenvalue weighted by molar-refractivity contribution is 0.0526. The monoisotopic (exact) mass is 301 g/mol. The quantitative estimate of drug-likeness (QED) is 0.816. The zero-order valence-electron chi connectivity index (χ0n) is 8.38. The van der Waals surface area contributed by atoms with Crippen molar-refractivity contribution in [2.24, 2.45) is 0 Å². The van der Waals surface area contributed by atoms with E-state index < -0.39 is 0 Å². The molecule has 0 saturated carbocycles. The van der Waals surface area contributed by atoms with Crippen LogP contribution in [-0.2, 0) is 4.74 Å². The number of hydrogen-bond donors (Lipinski definition) is 0. The number of aromatic nitrogens is 3. The van der Waals surface area contributed by atoms with Gasteiger partial charge in [0.25, 0.3) is 0 Å². The molecule has 0 amide bonds. The molecular formula is C9H8BrN3O2S. The van der Waals surface area contributed by atoms with Crippen molar-refractivity contribution in [1.29, 1.82) is 0 Å². The molecule has 0 fully saturated rings. The maximum atomic E-state index is 11.4. The highest BCUT2D eigenvalue weighted by Crippen LogP contribution is 2.18. The number of halogens is 1. The van der Waals surface area contributed by atoms with Crippen LogP contribution in [0, 0.1) is 0 Å². The molecule has 0 N–H and O–H groups in total. The molecule has 0 aliphatic carbocycles. The van der Waals surface area contributed by atoms with E-state index in [0.717, 1.165) is 4.60 Å². The van der Waals surface area contributed by atoms with Gasteiger partial charge in [0.1, 0.15) is 4.60 Å². The second-order valence-electron chi connectivity index (χ2n) is 2.85. The molecule has 0 atom stereocenters. The molecule has 0 aromatic carbocycles. The van der Waals surface area contributed by atoms with Crippen molar-refractivity contribution >= 4 is 33.2 Å². The van der Waals surface area contributed by atoms with Crippen LogP contribution in [0.3, 0.4) is 0 Å². The number of carbonyl (C=O) groups excluding carboxylic acids is 1. The molecule has 0 radical (unpaired) electrons. The number of carbonyl (C=O) groups is 1. The molecule has 84 valence electrons. The van der Waals surface area contributed by atoms with Gasteiger partial charge in [-0.15, -0.1) is 11.3 Å². The summed E-state index contributed by atoms with van der Waals surface area (Å²) in [7, 11) is 0. The molecule has 0 bridgehead atoms. The summed E-state index contributed by atoms with van der Waals surface area (Å²) in [5.41, 5.74) is 0.424. The topological polar surface area (TPSA) is 57.0 Å². The van der Waals surface area contributed by atoms with Crippen molar-refractivity contribution in [2.45, 2.75) is 6.92 Å². The van der Waals surface area contributed by atoms with Crippen LogP contribution < -0.4 is 0 Å². The first-order chi connectivity index (χ1) is 7.70. The maximum Gasteiger partial charge on any atom is 0.341 e. The van der Waals surface area contributed by atoms with E-state index in [-0.39, 0.29) is 5.97 Å². The fourth-order valence-electron chi connectivity index (χ4n) is 1.10. The van der Waals surface area contributed by atoms with E-state index in [1.54, 1.807) is 17.8 Å². The highest BCUT2D eigenvalue weighted by molar-refractivity contribution is 9.10. The van der Waals surface area contributed by atoms with Gasteiger partial charge < -0.3 is 4.74 Å². The minimum atomic E-state index is -0.371. The van der Waals surface area contributed by atoms with Gasteiger partial charge in [0.2, 0.25) is 5.13 Å². The fraction of sp³-hybridized carbons (Fsp3) is 0.222. The lowest BCUT2D eigenvalue weighted by Crippen LogP contribution is -2.03. The molecule has 2 heterocycles. The highest BCUT2D eigenvalue weighted by Gasteiger charge is 2.11. The maximum absolute atomic E-state index is 11.4. The van der Waals surface area contributed by atoms with E-state index >= 15 is 0 Å². The predicted octanol–water partition coefficient (Wildman–Crippen LogP) is 2.27. The van der Waals surface area contributed by atoms with Crippen LogP contribution in [0.5, 0.6) is 0 Å². The van der Waals surface area contributed by atoms with Crippen molar-refractivity contribution in [2.75, 3.05) is 6.61 Å². The summed E-state index contributed by atoms with van der Waals surface area (Å²) in [5, 5.41) is 6.59. The van der Waals surface area contributed by atoms with Gasteiger partial charge in [0.05, 0.1) is 18.4 Å². The summed E-state index contributed by atoms with van der Waals surface area (Å²) in [6.07, 6.45) is 3.07. The first-order valence-corrected chi connectivity index (χ1v) is 6.21. The first kappa shape index (κ1) is 11.3. The van der Waals surface area contributed by atoms with E-state index in [4.69, 9.17) is 4.74 Å². The van der Waals surface area contributed by atoms with Crippen LogP contribution in [0.15, 0.2) is 22.4 Å². The highest BCUT2D eigenvalue weighted by atomic mass is 79.9. The Bertz CT molecular complexity index is 508. The van der Waals surface area contributed by atoms with Gasteiger partial charge in [-0.25, -0.2) is 14.5 Å². The van der Waals surface area contributed by atoms with E-state index in [0.29, 0.717) is 17.3 Å². The Hall–Kier alpha value is -1.21. The zero-order valence-corrected chi connectivity index (χ0v) is 10.8. The normalized spacial score (nSPS) is 10.4. The van der Waals surface area contributed by atoms with E-state index in [1.807, 2.05) is 5.38 Å². The lowest BCUT2D eigenvalue weighted by Gasteiger charge is -1.96. The summed E-state index contributed by atoms with van der Waals surface area (Å²) in [4.78, 5) is 15.6. The molecule has 0 aliphatic heterocycles. The first-order valence-electron chi connectivity index (χ1n) is 4.54. The van der Waals surface area contributed by atoms with Crippen LogP contribution in [0.1, 0.15) is 17.3 Å². The van der Waals surface area contributed by atoms with Gasteiger partial charge in [-0.2, -0.15) is 5.10 Å². The Morgan fingerprint density at radius 2 is 2.50 bits per heavy atom. The number of thiazole rings is 1. The summed E-state index contributed by atoms with van der Waals surface area (Å²) in [6.45, 7) is 2.12. The average molecular weight is 302 g/mol. The van der Waals surface area contributed by atoms with Gasteiger partial charge in [-0.05, 0) is 22.9 Å². The van der Waals surface area contributed by atoms with Crippen LogP contribution in [-0.4, -0.2) is 27.3 Å². The zero-order chi connectivity index (χ0) is 11.5. The third-order valence-corrected chi connectivity index (χ3v) is 3.29. The van der Waals surface area contributed by atoms with Crippen molar-refractivity contribution in [3.8, 4) is 5.13 Å². The molecule has 16 heavy (non-hydrogen) atoms. The Kier molecular flexibility index (Phi) is 3.35. The summed E-state index contributed by atoms with van der Waals surface area (Å²) >= 11 is 4.69. The Morgan fingerprint density at radius 1 is 1.69 bits per heavy atom. The van der Waals surface area contributed by atoms with Gasteiger partial charge in [-0.3, -0.25) is 0 Å². The Labute approximate surface area is 104 Å². The Balaban J connectivity index is 2.22. The molecule has 2 aromatic rings. The molecular weight excluding hydrogens is 294 g/mol. The molecule has 7 heteroatoms. The van der Waals surface area contributed by atoms with Gasteiger partial charge in [0, 0.05) is 11.6 Å². The number of rotatable bonds is 3. The number of ether oxygens (including phenoxy) is 1. The lowest BCUT2D eigenvalue weighted by atomic mass is 10.4. The predicted molar refractivity (Wildman–Crippen MR) is 62.9 cm³/mol. The molecule has 5 nitrogen and oxygen atoms in total. The largest absolute Gasteiger partial charge is 0.462 e. The van der Waals surface area contributed by atoms with Gasteiger partial charge in [0.15, 0.2) is 0 Å². The Morgan fingerprint density at radius 3 is 3.12 bits per heavy atom. The number of nitrogens with zero attached hydrogens (tertiary/aromatic N) is 3. The van der Waals surface area contributed by atoms with Crippen molar-refractivity contribution < 1.29 is 9.53 Å². The van der Waals surface area contributed by atoms with E-state index in [2.05, 4.69) is 26.0 Å². The van der Waals surface area contributed by atoms with E-state index in [1.165, 1.54) is 17.5 Å². The number of hydrogen-bond acceptors (Lipinski definition) is 5. The molecule has 0 saturated heterocycles. The van der Waals surface area contributed by atoms with Crippen LogP contribution in [0.2, 0.25) is 0 Å². The standard InChI is InChI=1S/C9H8BrN3O2S/c1-2-15-8(14)6-3-11-13(4-6)9-12-7(10)5-16-9/h3-5H,2H2,1H3. The molecule has 0 aliphatic rings. The SMILES string of the molecule is CCOC(=O)c1cnn(-c2nc(Br)cs2)c1. The second-order valence-corrected chi connectivity index (χ2v) is 4.50. The number of esters is 1. The fourth-order valence-corrected chi connectivity index (χ4v) is 2.28. The van der Waals surface area contributed by atoms with Gasteiger partial charge in [-0.1, -0.05) is 0 Å². The van der Waals surface area contributed by atoms with Crippen molar-refractivity contribution in [3.63, 3.8) is 0 Å². The third kappa shape index (κ3) is 2.30. The van der Waals surface area contributed by atoms with Crippen molar-refractivity contribution in [3.05, 3.63) is 27.9 Å². The summed E-state index contributed by atoms with van der Waals surface area (Å²) < 4.78 is 7.16. The van der Waals surface area contributed by atoms with Crippen LogP contribution in [0.25, 0.3) is 5.13 Å². The van der Waals surface area contributed by atoms with Crippen LogP contribution in [0.4, 0.5) is 0 Å². The molecule has 2 rings (SSSR count). The smallest absolute Gasteiger partial charge is 0.341 e. The van der Waals surface area contributed by atoms with E-state index in [9.17, 15) is 4.79 Å². The molecule has 0 unspecified atom stereocenters. The minimum absolute atomic E-state index is 0.354. The van der Waals surface area contributed by atoms with Crippen LogP contribution >= 0.6 is 27.3 Å². The third-order valence-electron chi connectivity index (χ3n) is 1.75. The molecule has 2 aromatic heterocycles. The second kappa shape index (κ2) is 4.75. The molecule has 0 spiro atoms.